The molecule has 122 valence electrons. The highest BCUT2D eigenvalue weighted by Gasteiger charge is 2.15. The molecule has 0 radical (unpaired) electrons. The fourth-order valence-corrected chi connectivity index (χ4v) is 2.67. The zero-order valence-electron chi connectivity index (χ0n) is 12.7. The van der Waals surface area contributed by atoms with Crippen molar-refractivity contribution in [3.05, 3.63) is 63.4 Å². The normalized spacial score (nSPS) is 10.6. The number of rotatable bonds is 7. The molecule has 0 aromatic heterocycles. The van der Waals surface area contributed by atoms with Crippen LogP contribution in [0.3, 0.4) is 0 Å². The molecule has 2 rings (SSSR count). The summed E-state index contributed by atoms with van der Waals surface area (Å²) in [6.45, 7) is 3.50. The lowest BCUT2D eigenvalue weighted by Crippen LogP contribution is -2.17. The number of primary amides is 1. The van der Waals surface area contributed by atoms with Crippen LogP contribution in [0.25, 0.3) is 0 Å². The SMILES string of the molecule is CCOCc1ccccc1CNc1cc(Br)cc(F)c1C(N)=O. The number of ether oxygens (including phenoxy) is 1. The van der Waals surface area contributed by atoms with E-state index in [4.69, 9.17) is 10.5 Å². The predicted molar refractivity (Wildman–Crippen MR) is 91.7 cm³/mol. The summed E-state index contributed by atoms with van der Waals surface area (Å²) in [5, 5.41) is 3.08. The molecule has 0 bridgehead atoms. The van der Waals surface area contributed by atoms with Gasteiger partial charge in [0.05, 0.1) is 17.9 Å². The fraction of sp³-hybridized carbons (Fsp3) is 0.235. The highest BCUT2D eigenvalue weighted by atomic mass is 79.9. The molecule has 6 heteroatoms. The summed E-state index contributed by atoms with van der Waals surface area (Å²) in [4.78, 5) is 11.5. The number of anilines is 1. The van der Waals surface area contributed by atoms with Crippen molar-refractivity contribution >= 4 is 27.5 Å². The predicted octanol–water partition coefficient (Wildman–Crippen LogP) is 3.84. The number of carbonyl (C=O) groups excluding carboxylic acids is 1. The van der Waals surface area contributed by atoms with E-state index in [2.05, 4.69) is 21.2 Å². The van der Waals surface area contributed by atoms with Crippen molar-refractivity contribution in [2.45, 2.75) is 20.1 Å². The molecule has 0 fully saturated rings. The van der Waals surface area contributed by atoms with Gasteiger partial charge in [0.1, 0.15) is 5.82 Å². The molecule has 0 heterocycles. The summed E-state index contributed by atoms with van der Waals surface area (Å²) in [5.74, 6) is -1.46. The van der Waals surface area contributed by atoms with Crippen LogP contribution in [0.4, 0.5) is 10.1 Å². The first-order valence-corrected chi connectivity index (χ1v) is 7.99. The van der Waals surface area contributed by atoms with Crippen LogP contribution in [0, 0.1) is 5.82 Å². The van der Waals surface area contributed by atoms with Gasteiger partial charge in [-0.3, -0.25) is 4.79 Å². The second-order valence-electron chi connectivity index (χ2n) is 4.93. The molecule has 0 saturated carbocycles. The Hall–Kier alpha value is -1.92. The van der Waals surface area contributed by atoms with E-state index in [-0.39, 0.29) is 5.56 Å². The maximum atomic E-state index is 13.9. The highest BCUT2D eigenvalue weighted by molar-refractivity contribution is 9.10. The van der Waals surface area contributed by atoms with E-state index in [1.54, 1.807) is 6.07 Å². The van der Waals surface area contributed by atoms with E-state index in [0.717, 1.165) is 11.1 Å². The molecule has 0 aliphatic rings. The van der Waals surface area contributed by atoms with Crippen molar-refractivity contribution in [2.75, 3.05) is 11.9 Å². The Bertz CT molecular complexity index is 707. The van der Waals surface area contributed by atoms with E-state index in [1.807, 2.05) is 31.2 Å². The average Bonchev–Trinajstić information content (AvgIpc) is 2.50. The molecule has 0 spiro atoms. The Balaban J connectivity index is 2.23. The molecule has 1 amide bonds. The zero-order valence-corrected chi connectivity index (χ0v) is 14.3. The van der Waals surface area contributed by atoms with Gasteiger partial charge in [-0.25, -0.2) is 4.39 Å². The smallest absolute Gasteiger partial charge is 0.253 e. The summed E-state index contributed by atoms with van der Waals surface area (Å²) in [6.07, 6.45) is 0. The van der Waals surface area contributed by atoms with Crippen LogP contribution in [-0.2, 0) is 17.9 Å². The Labute approximate surface area is 143 Å². The summed E-state index contributed by atoms with van der Waals surface area (Å²) in [6, 6.07) is 10.6. The molecule has 0 aliphatic heterocycles. The Kier molecular flexibility index (Phi) is 6.12. The fourth-order valence-electron chi connectivity index (χ4n) is 2.24. The van der Waals surface area contributed by atoms with Gasteiger partial charge in [-0.05, 0) is 30.2 Å². The minimum absolute atomic E-state index is 0.143. The van der Waals surface area contributed by atoms with Crippen LogP contribution >= 0.6 is 15.9 Å². The first kappa shape index (κ1) is 17.4. The van der Waals surface area contributed by atoms with Crippen LogP contribution in [0.15, 0.2) is 40.9 Å². The van der Waals surface area contributed by atoms with Crippen LogP contribution in [0.1, 0.15) is 28.4 Å². The summed E-state index contributed by atoms with van der Waals surface area (Å²) in [7, 11) is 0. The molecule has 0 unspecified atom stereocenters. The molecule has 0 aliphatic carbocycles. The maximum absolute atomic E-state index is 13.9. The first-order chi connectivity index (χ1) is 11.0. The van der Waals surface area contributed by atoms with Gasteiger partial charge < -0.3 is 15.8 Å². The molecule has 2 aromatic carbocycles. The number of halogens is 2. The van der Waals surface area contributed by atoms with Crippen LogP contribution in [0.5, 0.6) is 0 Å². The highest BCUT2D eigenvalue weighted by Crippen LogP contribution is 2.25. The Morgan fingerprint density at radius 1 is 1.30 bits per heavy atom. The number of hydrogen-bond donors (Lipinski definition) is 2. The lowest BCUT2D eigenvalue weighted by molar-refractivity contribution is 0.0997. The van der Waals surface area contributed by atoms with Gasteiger partial charge in [-0.1, -0.05) is 40.2 Å². The minimum atomic E-state index is -0.805. The number of hydrogen-bond acceptors (Lipinski definition) is 3. The van der Waals surface area contributed by atoms with Crippen LogP contribution in [0.2, 0.25) is 0 Å². The molecule has 0 atom stereocenters. The van der Waals surface area contributed by atoms with Gasteiger partial charge in [0.25, 0.3) is 5.91 Å². The van der Waals surface area contributed by atoms with Crippen molar-refractivity contribution in [1.29, 1.82) is 0 Å². The third kappa shape index (κ3) is 4.53. The van der Waals surface area contributed by atoms with Gasteiger partial charge in [0.2, 0.25) is 0 Å². The lowest BCUT2D eigenvalue weighted by Gasteiger charge is -2.14. The van der Waals surface area contributed by atoms with Gasteiger partial charge in [-0.2, -0.15) is 0 Å². The van der Waals surface area contributed by atoms with Crippen molar-refractivity contribution < 1.29 is 13.9 Å². The molecule has 0 saturated heterocycles. The van der Waals surface area contributed by atoms with Gasteiger partial charge in [-0.15, -0.1) is 0 Å². The summed E-state index contributed by atoms with van der Waals surface area (Å²) >= 11 is 3.22. The second kappa shape index (κ2) is 8.08. The number of nitrogens with one attached hydrogen (secondary N) is 1. The molecule has 4 nitrogen and oxygen atoms in total. The van der Waals surface area contributed by atoms with Crippen molar-refractivity contribution in [2.24, 2.45) is 5.73 Å². The van der Waals surface area contributed by atoms with E-state index in [0.29, 0.717) is 29.9 Å². The number of carbonyl (C=O) groups is 1. The van der Waals surface area contributed by atoms with E-state index >= 15 is 0 Å². The number of nitrogens with two attached hydrogens (primary N) is 1. The van der Waals surface area contributed by atoms with Gasteiger partial charge >= 0.3 is 0 Å². The Morgan fingerprint density at radius 2 is 2.00 bits per heavy atom. The zero-order chi connectivity index (χ0) is 16.8. The minimum Gasteiger partial charge on any atom is -0.380 e. The molecule has 3 N–H and O–H groups in total. The lowest BCUT2D eigenvalue weighted by atomic mass is 10.1. The third-order valence-corrected chi connectivity index (χ3v) is 3.81. The quantitative estimate of drug-likeness (QED) is 0.766. The van der Waals surface area contributed by atoms with E-state index in [1.165, 1.54) is 6.07 Å². The summed E-state index contributed by atoms with van der Waals surface area (Å²) < 4.78 is 19.9. The van der Waals surface area contributed by atoms with Crippen LogP contribution < -0.4 is 11.1 Å². The first-order valence-electron chi connectivity index (χ1n) is 7.20. The van der Waals surface area contributed by atoms with Crippen molar-refractivity contribution in [3.8, 4) is 0 Å². The topological polar surface area (TPSA) is 64.3 Å². The average molecular weight is 381 g/mol. The molecule has 2 aromatic rings. The molecule has 23 heavy (non-hydrogen) atoms. The van der Waals surface area contributed by atoms with Gasteiger partial charge in [0.15, 0.2) is 0 Å². The standard InChI is InChI=1S/C17H18BrFN2O2/c1-2-23-10-12-6-4-3-5-11(12)9-21-15-8-13(18)7-14(19)16(15)17(20)22/h3-8,21H,2,9-10H2,1H3,(H2,20,22). The van der Waals surface area contributed by atoms with Crippen molar-refractivity contribution in [3.63, 3.8) is 0 Å². The molecular formula is C17H18BrFN2O2. The monoisotopic (exact) mass is 380 g/mol. The van der Waals surface area contributed by atoms with Crippen LogP contribution in [-0.4, -0.2) is 12.5 Å². The van der Waals surface area contributed by atoms with Gasteiger partial charge in [0, 0.05) is 17.6 Å². The van der Waals surface area contributed by atoms with E-state index < -0.39 is 11.7 Å². The number of benzene rings is 2. The number of amides is 1. The maximum Gasteiger partial charge on any atom is 0.253 e. The third-order valence-electron chi connectivity index (χ3n) is 3.35. The van der Waals surface area contributed by atoms with E-state index in [9.17, 15) is 9.18 Å². The summed E-state index contributed by atoms with van der Waals surface area (Å²) in [5.41, 5.74) is 7.54. The Morgan fingerprint density at radius 3 is 2.65 bits per heavy atom. The van der Waals surface area contributed by atoms with Crippen molar-refractivity contribution in [1.82, 2.24) is 0 Å². The largest absolute Gasteiger partial charge is 0.380 e. The molecular weight excluding hydrogens is 363 g/mol. The second-order valence-corrected chi connectivity index (χ2v) is 5.85.